The van der Waals surface area contributed by atoms with Crippen molar-refractivity contribution < 1.29 is 19.0 Å². The van der Waals surface area contributed by atoms with Crippen molar-refractivity contribution >= 4 is 12.0 Å². The summed E-state index contributed by atoms with van der Waals surface area (Å²) in [7, 11) is 0. The number of fused-ring (bicyclic) bond motifs is 1. The SMILES string of the molecule is CC(C)(C)C(O)CNC(=O)C1=Cc2cc(F)ccc2OC1. The fourth-order valence-electron chi connectivity index (χ4n) is 1.89. The molecule has 21 heavy (non-hydrogen) atoms. The monoisotopic (exact) mass is 293 g/mol. The van der Waals surface area contributed by atoms with Gasteiger partial charge in [0, 0.05) is 12.1 Å². The van der Waals surface area contributed by atoms with Gasteiger partial charge in [-0.1, -0.05) is 20.8 Å². The van der Waals surface area contributed by atoms with Crippen LogP contribution in [0.5, 0.6) is 5.75 Å². The second-order valence-electron chi connectivity index (χ2n) is 6.23. The van der Waals surface area contributed by atoms with Gasteiger partial charge in [-0.3, -0.25) is 4.79 Å². The molecule has 0 radical (unpaired) electrons. The lowest BCUT2D eigenvalue weighted by Crippen LogP contribution is -2.40. The van der Waals surface area contributed by atoms with E-state index in [1.807, 2.05) is 20.8 Å². The second-order valence-corrected chi connectivity index (χ2v) is 6.23. The molecule has 0 spiro atoms. The minimum absolute atomic E-state index is 0.135. The van der Waals surface area contributed by atoms with Gasteiger partial charge in [0.2, 0.25) is 0 Å². The Morgan fingerprint density at radius 3 is 2.86 bits per heavy atom. The summed E-state index contributed by atoms with van der Waals surface area (Å²) >= 11 is 0. The van der Waals surface area contributed by atoms with E-state index >= 15 is 0 Å². The number of ether oxygens (including phenoxy) is 1. The number of carbonyl (C=O) groups excluding carboxylic acids is 1. The predicted octanol–water partition coefficient (Wildman–Crippen LogP) is 2.12. The maximum absolute atomic E-state index is 13.2. The molecule has 2 rings (SSSR count). The molecule has 0 aromatic heterocycles. The first kappa shape index (κ1) is 15.5. The van der Waals surface area contributed by atoms with Crippen molar-refractivity contribution in [3.63, 3.8) is 0 Å². The number of aliphatic hydroxyl groups excluding tert-OH is 1. The number of rotatable bonds is 3. The number of amides is 1. The van der Waals surface area contributed by atoms with Crippen molar-refractivity contribution in [3.05, 3.63) is 35.2 Å². The highest BCUT2D eigenvalue weighted by Crippen LogP contribution is 2.27. The van der Waals surface area contributed by atoms with Gasteiger partial charge in [0.1, 0.15) is 18.2 Å². The summed E-state index contributed by atoms with van der Waals surface area (Å²) in [6.07, 6.45) is 0.969. The lowest BCUT2D eigenvalue weighted by atomic mass is 9.89. The first-order chi connectivity index (χ1) is 9.77. The fourth-order valence-corrected chi connectivity index (χ4v) is 1.89. The number of aliphatic hydroxyl groups is 1. The average Bonchev–Trinajstić information content (AvgIpc) is 2.42. The van der Waals surface area contributed by atoms with E-state index in [-0.39, 0.29) is 30.3 Å². The average molecular weight is 293 g/mol. The highest BCUT2D eigenvalue weighted by molar-refractivity contribution is 5.99. The van der Waals surface area contributed by atoms with Crippen molar-refractivity contribution in [3.8, 4) is 5.75 Å². The zero-order valence-electron chi connectivity index (χ0n) is 12.4. The van der Waals surface area contributed by atoms with Crippen molar-refractivity contribution in [1.82, 2.24) is 5.32 Å². The molecule has 0 saturated heterocycles. The van der Waals surface area contributed by atoms with E-state index < -0.39 is 6.10 Å². The Hall–Kier alpha value is -1.88. The third-order valence-corrected chi connectivity index (χ3v) is 3.43. The van der Waals surface area contributed by atoms with Crippen LogP contribution in [0.3, 0.4) is 0 Å². The van der Waals surface area contributed by atoms with E-state index in [4.69, 9.17) is 4.74 Å². The minimum atomic E-state index is -0.642. The van der Waals surface area contributed by atoms with Crippen LogP contribution < -0.4 is 10.1 Å². The Kier molecular flexibility index (Phi) is 4.32. The topological polar surface area (TPSA) is 58.6 Å². The van der Waals surface area contributed by atoms with Gasteiger partial charge < -0.3 is 15.2 Å². The molecule has 5 heteroatoms. The van der Waals surface area contributed by atoms with Crippen LogP contribution in [-0.2, 0) is 4.79 Å². The number of carbonyl (C=O) groups is 1. The molecular formula is C16H20FNO3. The Morgan fingerprint density at radius 1 is 1.48 bits per heavy atom. The molecule has 114 valence electrons. The van der Waals surface area contributed by atoms with Crippen LogP contribution in [0.1, 0.15) is 26.3 Å². The third-order valence-electron chi connectivity index (χ3n) is 3.43. The quantitative estimate of drug-likeness (QED) is 0.897. The number of nitrogens with one attached hydrogen (secondary N) is 1. The summed E-state index contributed by atoms with van der Waals surface area (Å²) in [6, 6.07) is 4.18. The maximum Gasteiger partial charge on any atom is 0.250 e. The van der Waals surface area contributed by atoms with Crippen molar-refractivity contribution in [1.29, 1.82) is 0 Å². The molecule has 1 amide bonds. The number of hydrogen-bond acceptors (Lipinski definition) is 3. The van der Waals surface area contributed by atoms with Gasteiger partial charge >= 0.3 is 0 Å². The molecule has 1 aromatic rings. The molecule has 1 aliphatic heterocycles. The summed E-state index contributed by atoms with van der Waals surface area (Å²) < 4.78 is 18.6. The molecule has 1 aromatic carbocycles. The molecule has 1 aliphatic rings. The van der Waals surface area contributed by atoms with Crippen molar-refractivity contribution in [2.24, 2.45) is 5.41 Å². The molecule has 4 nitrogen and oxygen atoms in total. The standard InChI is InChI=1S/C16H20FNO3/c1-16(2,3)14(19)8-18-15(20)11-6-10-7-12(17)4-5-13(10)21-9-11/h4-7,14,19H,8-9H2,1-3H3,(H,18,20). The van der Waals surface area contributed by atoms with Gasteiger partial charge in [0.25, 0.3) is 5.91 Å². The van der Waals surface area contributed by atoms with Gasteiger partial charge in [0.15, 0.2) is 0 Å². The molecule has 0 fully saturated rings. The second kappa shape index (κ2) is 5.85. The van der Waals surface area contributed by atoms with Crippen molar-refractivity contribution in [2.75, 3.05) is 13.2 Å². The van der Waals surface area contributed by atoms with Crippen LogP contribution in [-0.4, -0.2) is 30.3 Å². The summed E-state index contributed by atoms with van der Waals surface area (Å²) in [6.45, 7) is 5.98. The lowest BCUT2D eigenvalue weighted by Gasteiger charge is -2.26. The Bertz CT molecular complexity index is 575. The minimum Gasteiger partial charge on any atom is -0.488 e. The molecule has 1 unspecified atom stereocenters. The first-order valence-electron chi connectivity index (χ1n) is 6.86. The highest BCUT2D eigenvalue weighted by atomic mass is 19.1. The van der Waals surface area contributed by atoms with E-state index in [1.165, 1.54) is 12.1 Å². The maximum atomic E-state index is 13.2. The van der Waals surface area contributed by atoms with E-state index in [0.29, 0.717) is 16.9 Å². The van der Waals surface area contributed by atoms with Crippen LogP contribution in [0.2, 0.25) is 0 Å². The molecule has 0 saturated carbocycles. The van der Waals surface area contributed by atoms with Gasteiger partial charge in [-0.15, -0.1) is 0 Å². The van der Waals surface area contributed by atoms with Crippen LogP contribution in [0.25, 0.3) is 6.08 Å². The predicted molar refractivity (Wildman–Crippen MR) is 78.3 cm³/mol. The molecular weight excluding hydrogens is 273 g/mol. The van der Waals surface area contributed by atoms with E-state index in [9.17, 15) is 14.3 Å². The molecule has 1 atom stereocenters. The van der Waals surface area contributed by atoms with Gasteiger partial charge in [-0.05, 0) is 29.7 Å². The molecule has 1 heterocycles. The zero-order chi connectivity index (χ0) is 15.6. The Balaban J connectivity index is 2.04. The normalized spacial score (nSPS) is 15.6. The van der Waals surface area contributed by atoms with Gasteiger partial charge in [-0.2, -0.15) is 0 Å². The largest absolute Gasteiger partial charge is 0.488 e. The van der Waals surface area contributed by atoms with Crippen LogP contribution in [0.4, 0.5) is 4.39 Å². The molecule has 2 N–H and O–H groups in total. The van der Waals surface area contributed by atoms with Crippen LogP contribution >= 0.6 is 0 Å². The zero-order valence-corrected chi connectivity index (χ0v) is 12.4. The van der Waals surface area contributed by atoms with Crippen LogP contribution in [0, 0.1) is 11.2 Å². The first-order valence-corrected chi connectivity index (χ1v) is 6.86. The van der Waals surface area contributed by atoms with E-state index in [1.54, 1.807) is 12.1 Å². The van der Waals surface area contributed by atoms with Gasteiger partial charge in [0.05, 0.1) is 11.7 Å². The fraction of sp³-hybridized carbons (Fsp3) is 0.438. The Labute approximate surface area is 123 Å². The lowest BCUT2D eigenvalue weighted by molar-refractivity contribution is -0.118. The van der Waals surface area contributed by atoms with Crippen LogP contribution in [0.15, 0.2) is 23.8 Å². The van der Waals surface area contributed by atoms with Gasteiger partial charge in [-0.25, -0.2) is 4.39 Å². The summed E-state index contributed by atoms with van der Waals surface area (Å²) in [5.74, 6) is -0.130. The van der Waals surface area contributed by atoms with Crippen molar-refractivity contribution in [2.45, 2.75) is 26.9 Å². The van der Waals surface area contributed by atoms with E-state index in [2.05, 4.69) is 5.32 Å². The summed E-state index contributed by atoms with van der Waals surface area (Å²) in [4.78, 5) is 12.1. The van der Waals surface area contributed by atoms with E-state index in [0.717, 1.165) is 0 Å². The highest BCUT2D eigenvalue weighted by Gasteiger charge is 2.24. The molecule has 0 bridgehead atoms. The summed E-state index contributed by atoms with van der Waals surface area (Å²) in [5.41, 5.74) is 0.650. The Morgan fingerprint density at radius 2 is 2.19 bits per heavy atom. The number of benzene rings is 1. The molecule has 0 aliphatic carbocycles. The smallest absolute Gasteiger partial charge is 0.250 e. The third kappa shape index (κ3) is 3.82. The number of hydrogen-bond donors (Lipinski definition) is 2. The summed E-state index contributed by atoms with van der Waals surface area (Å²) in [5, 5.41) is 12.6. The number of halogens is 1.